The van der Waals surface area contributed by atoms with Crippen molar-refractivity contribution in [2.45, 2.75) is 18.7 Å². The van der Waals surface area contributed by atoms with E-state index in [-0.39, 0.29) is 11.2 Å². The second kappa shape index (κ2) is 5.73. The van der Waals surface area contributed by atoms with Crippen LogP contribution in [0.2, 0.25) is 5.02 Å². The summed E-state index contributed by atoms with van der Waals surface area (Å²) in [5.74, 6) is -0.353. The van der Waals surface area contributed by atoms with Gasteiger partial charge in [0.05, 0.1) is 5.38 Å². The molecule has 0 saturated heterocycles. The van der Waals surface area contributed by atoms with Crippen molar-refractivity contribution in [2.75, 3.05) is 0 Å². The Morgan fingerprint density at radius 1 is 1.11 bits per heavy atom. The Hall–Kier alpha value is -1.05. The third-order valence-corrected chi connectivity index (χ3v) is 3.73. The molecule has 0 aliphatic rings. The molecule has 1 unspecified atom stereocenters. The zero-order valence-electron chi connectivity index (χ0n) is 9.96. The predicted molar refractivity (Wildman–Crippen MR) is 74.9 cm³/mol. The third kappa shape index (κ3) is 2.85. The fraction of sp³-hybridized carbons (Fsp3) is 0.200. The van der Waals surface area contributed by atoms with Gasteiger partial charge in [0, 0.05) is 5.02 Å². The van der Waals surface area contributed by atoms with Crippen LogP contribution in [0.5, 0.6) is 0 Å². The Labute approximate surface area is 116 Å². The van der Waals surface area contributed by atoms with Crippen LogP contribution in [-0.4, -0.2) is 0 Å². The second-order valence-corrected chi connectivity index (χ2v) is 4.97. The third-order valence-electron chi connectivity index (χ3n) is 2.92. The minimum absolute atomic E-state index is 0.353. The van der Waals surface area contributed by atoms with Gasteiger partial charge in [-0.3, -0.25) is 0 Å². The summed E-state index contributed by atoms with van der Waals surface area (Å²) in [6, 6.07) is 12.3. The van der Waals surface area contributed by atoms with Crippen LogP contribution < -0.4 is 0 Å². The topological polar surface area (TPSA) is 0 Å². The van der Waals surface area contributed by atoms with E-state index < -0.39 is 0 Å². The van der Waals surface area contributed by atoms with E-state index in [0.29, 0.717) is 5.02 Å². The molecule has 0 amide bonds. The molecule has 0 saturated carbocycles. The summed E-state index contributed by atoms with van der Waals surface area (Å²) in [6.07, 6.45) is 0.991. The minimum Gasteiger partial charge on any atom is -0.207 e. The van der Waals surface area contributed by atoms with Gasteiger partial charge in [0.1, 0.15) is 5.82 Å². The summed E-state index contributed by atoms with van der Waals surface area (Å²) in [7, 11) is 0. The van der Waals surface area contributed by atoms with Crippen LogP contribution in [-0.2, 0) is 6.42 Å². The van der Waals surface area contributed by atoms with Gasteiger partial charge in [-0.2, -0.15) is 0 Å². The average Bonchev–Trinajstić information content (AvgIpc) is 2.38. The summed E-state index contributed by atoms with van der Waals surface area (Å²) in [5.41, 5.74) is 2.94. The van der Waals surface area contributed by atoms with E-state index in [1.54, 1.807) is 6.07 Å². The highest BCUT2D eigenvalue weighted by Gasteiger charge is 2.14. The molecular formula is C15H13Cl2F. The first-order valence-corrected chi connectivity index (χ1v) is 6.61. The van der Waals surface area contributed by atoms with E-state index >= 15 is 0 Å². The van der Waals surface area contributed by atoms with Gasteiger partial charge in [-0.1, -0.05) is 48.9 Å². The smallest absolute Gasteiger partial charge is 0.124 e. The second-order valence-electron chi connectivity index (χ2n) is 4.12. The maximum absolute atomic E-state index is 13.0. The lowest BCUT2D eigenvalue weighted by Crippen LogP contribution is -1.95. The summed E-state index contributed by atoms with van der Waals surface area (Å²) in [4.78, 5) is 0. The van der Waals surface area contributed by atoms with Crippen molar-refractivity contribution in [2.24, 2.45) is 0 Å². The van der Waals surface area contributed by atoms with E-state index in [1.165, 1.54) is 17.7 Å². The molecule has 0 heterocycles. The molecule has 0 aliphatic heterocycles. The molecule has 0 nitrogen and oxygen atoms in total. The summed E-state index contributed by atoms with van der Waals surface area (Å²) >= 11 is 12.4. The SMILES string of the molecule is CCc1ccc(C(Cl)c2ccc(F)cc2Cl)cc1. The molecule has 1 atom stereocenters. The molecular weight excluding hydrogens is 270 g/mol. The van der Waals surface area contributed by atoms with Crippen LogP contribution in [0, 0.1) is 5.82 Å². The molecule has 0 radical (unpaired) electrons. The van der Waals surface area contributed by atoms with Gasteiger partial charge in [0.15, 0.2) is 0 Å². The number of benzene rings is 2. The quantitative estimate of drug-likeness (QED) is 0.664. The Morgan fingerprint density at radius 2 is 1.78 bits per heavy atom. The molecule has 18 heavy (non-hydrogen) atoms. The highest BCUT2D eigenvalue weighted by molar-refractivity contribution is 6.33. The van der Waals surface area contributed by atoms with Gasteiger partial charge in [-0.05, 0) is 35.2 Å². The van der Waals surface area contributed by atoms with E-state index in [4.69, 9.17) is 23.2 Å². The van der Waals surface area contributed by atoms with Crippen LogP contribution >= 0.6 is 23.2 Å². The molecule has 2 aromatic carbocycles. The Kier molecular flexibility index (Phi) is 4.26. The van der Waals surface area contributed by atoms with Gasteiger partial charge in [-0.25, -0.2) is 4.39 Å². The van der Waals surface area contributed by atoms with Crippen molar-refractivity contribution in [1.82, 2.24) is 0 Å². The number of aryl methyl sites for hydroxylation is 1. The molecule has 0 N–H and O–H groups in total. The molecule has 2 aromatic rings. The first kappa shape index (κ1) is 13.4. The summed E-state index contributed by atoms with van der Waals surface area (Å²) in [5, 5.41) is -0.00132. The highest BCUT2D eigenvalue weighted by Crippen LogP contribution is 2.33. The Balaban J connectivity index is 2.31. The van der Waals surface area contributed by atoms with Gasteiger partial charge in [0.2, 0.25) is 0 Å². The van der Waals surface area contributed by atoms with Gasteiger partial charge >= 0.3 is 0 Å². The van der Waals surface area contributed by atoms with Crippen LogP contribution in [0.3, 0.4) is 0 Å². The molecule has 0 fully saturated rings. The van der Waals surface area contributed by atoms with Crippen molar-refractivity contribution < 1.29 is 4.39 Å². The predicted octanol–water partition coefficient (Wildman–Crippen LogP) is 5.37. The van der Waals surface area contributed by atoms with E-state index in [9.17, 15) is 4.39 Å². The normalized spacial score (nSPS) is 12.4. The van der Waals surface area contributed by atoms with Crippen LogP contribution in [0.4, 0.5) is 4.39 Å². The summed E-state index contributed by atoms with van der Waals surface area (Å²) in [6.45, 7) is 2.10. The Bertz CT molecular complexity index is 535. The largest absolute Gasteiger partial charge is 0.207 e. The van der Waals surface area contributed by atoms with E-state index in [1.807, 2.05) is 24.3 Å². The monoisotopic (exact) mass is 282 g/mol. The fourth-order valence-electron chi connectivity index (χ4n) is 1.81. The van der Waals surface area contributed by atoms with E-state index in [2.05, 4.69) is 6.92 Å². The summed E-state index contributed by atoms with van der Waals surface area (Å²) < 4.78 is 13.0. The molecule has 0 aromatic heterocycles. The maximum Gasteiger partial charge on any atom is 0.124 e. The standard InChI is InChI=1S/C15H13Cl2F/c1-2-10-3-5-11(6-4-10)15(17)13-8-7-12(18)9-14(13)16/h3-9,15H,2H2,1H3. The maximum atomic E-state index is 13.0. The number of hydrogen-bond acceptors (Lipinski definition) is 0. The number of hydrogen-bond donors (Lipinski definition) is 0. The zero-order chi connectivity index (χ0) is 13.1. The molecule has 94 valence electrons. The minimum atomic E-state index is -0.357. The van der Waals surface area contributed by atoms with E-state index in [0.717, 1.165) is 17.5 Å². The van der Waals surface area contributed by atoms with Crippen LogP contribution in [0.25, 0.3) is 0 Å². The van der Waals surface area contributed by atoms with Gasteiger partial charge < -0.3 is 0 Å². The van der Waals surface area contributed by atoms with Gasteiger partial charge in [-0.15, -0.1) is 11.6 Å². The lowest BCUT2D eigenvalue weighted by Gasteiger charge is -2.12. The molecule has 3 heteroatoms. The Morgan fingerprint density at radius 3 is 2.33 bits per heavy atom. The molecule has 0 aliphatic carbocycles. The first-order valence-electron chi connectivity index (χ1n) is 5.79. The van der Waals surface area contributed by atoms with Crippen molar-refractivity contribution in [3.63, 3.8) is 0 Å². The molecule has 0 spiro atoms. The lowest BCUT2D eigenvalue weighted by molar-refractivity contribution is 0.627. The van der Waals surface area contributed by atoms with Crippen LogP contribution in [0.15, 0.2) is 42.5 Å². The van der Waals surface area contributed by atoms with Crippen LogP contribution in [0.1, 0.15) is 29.0 Å². The lowest BCUT2D eigenvalue weighted by atomic mass is 10.0. The number of halogens is 3. The first-order chi connectivity index (χ1) is 8.61. The van der Waals surface area contributed by atoms with Crippen molar-refractivity contribution >= 4 is 23.2 Å². The van der Waals surface area contributed by atoms with Crippen molar-refractivity contribution in [3.8, 4) is 0 Å². The van der Waals surface area contributed by atoms with Crippen molar-refractivity contribution in [3.05, 3.63) is 70.0 Å². The molecule has 2 rings (SSSR count). The number of alkyl halides is 1. The van der Waals surface area contributed by atoms with Gasteiger partial charge in [0.25, 0.3) is 0 Å². The molecule has 0 bridgehead atoms. The number of rotatable bonds is 3. The van der Waals surface area contributed by atoms with Crippen molar-refractivity contribution in [1.29, 1.82) is 0 Å². The average molecular weight is 283 g/mol. The zero-order valence-corrected chi connectivity index (χ0v) is 11.5. The fourth-order valence-corrected chi connectivity index (χ4v) is 2.48. The highest BCUT2D eigenvalue weighted by atomic mass is 35.5.